The Balaban J connectivity index is 3.76. The lowest BCUT2D eigenvalue weighted by Crippen LogP contribution is -2.41. The number of sulfone groups is 1. The molecule has 0 aliphatic carbocycles. The SMILES string of the molecule is CCCC(C)(C)NCCS(C)(=O)=O. The summed E-state index contributed by atoms with van der Waals surface area (Å²) in [6, 6.07) is 0. The van der Waals surface area contributed by atoms with Gasteiger partial charge in [-0.25, -0.2) is 8.42 Å². The molecule has 0 fully saturated rings. The van der Waals surface area contributed by atoms with Gasteiger partial charge in [-0.2, -0.15) is 0 Å². The van der Waals surface area contributed by atoms with Crippen LogP contribution in [0.15, 0.2) is 0 Å². The maximum Gasteiger partial charge on any atom is 0.148 e. The van der Waals surface area contributed by atoms with Gasteiger partial charge in [0.15, 0.2) is 0 Å². The fraction of sp³-hybridized carbons (Fsp3) is 1.00. The summed E-state index contributed by atoms with van der Waals surface area (Å²) in [6.45, 7) is 6.86. The summed E-state index contributed by atoms with van der Waals surface area (Å²) in [5.74, 6) is 0.222. The van der Waals surface area contributed by atoms with E-state index in [1.807, 2.05) is 0 Å². The Hall–Kier alpha value is -0.0900. The number of rotatable bonds is 6. The minimum absolute atomic E-state index is 0.0550. The average molecular weight is 207 g/mol. The second kappa shape index (κ2) is 4.96. The highest BCUT2D eigenvalue weighted by atomic mass is 32.2. The van der Waals surface area contributed by atoms with Crippen molar-refractivity contribution < 1.29 is 8.42 Å². The minimum Gasteiger partial charge on any atom is -0.311 e. The van der Waals surface area contributed by atoms with Gasteiger partial charge in [0, 0.05) is 18.3 Å². The summed E-state index contributed by atoms with van der Waals surface area (Å²) in [6.07, 6.45) is 3.44. The molecule has 0 aromatic rings. The lowest BCUT2D eigenvalue weighted by Gasteiger charge is -2.25. The third kappa shape index (κ3) is 8.25. The third-order valence-corrected chi connectivity index (χ3v) is 2.90. The molecule has 80 valence electrons. The second-order valence-electron chi connectivity index (χ2n) is 4.19. The fourth-order valence-corrected chi connectivity index (χ4v) is 1.76. The molecule has 0 radical (unpaired) electrons. The largest absolute Gasteiger partial charge is 0.311 e. The van der Waals surface area contributed by atoms with E-state index in [4.69, 9.17) is 0 Å². The van der Waals surface area contributed by atoms with E-state index in [-0.39, 0.29) is 11.3 Å². The molecule has 4 heteroatoms. The van der Waals surface area contributed by atoms with E-state index in [1.165, 1.54) is 6.26 Å². The molecule has 1 N–H and O–H groups in total. The molecule has 13 heavy (non-hydrogen) atoms. The topological polar surface area (TPSA) is 46.2 Å². The van der Waals surface area contributed by atoms with Crippen LogP contribution in [-0.4, -0.2) is 32.5 Å². The summed E-state index contributed by atoms with van der Waals surface area (Å²) < 4.78 is 21.7. The third-order valence-electron chi connectivity index (χ3n) is 1.95. The zero-order chi connectivity index (χ0) is 10.5. The van der Waals surface area contributed by atoms with Crippen LogP contribution in [0.1, 0.15) is 33.6 Å². The van der Waals surface area contributed by atoms with Gasteiger partial charge in [0.05, 0.1) is 5.75 Å². The van der Waals surface area contributed by atoms with Gasteiger partial charge in [0.1, 0.15) is 9.84 Å². The summed E-state index contributed by atoms with van der Waals surface area (Å²) >= 11 is 0. The first-order chi connectivity index (χ1) is 5.77. The molecule has 0 aromatic carbocycles. The number of hydrogen-bond donors (Lipinski definition) is 1. The Morgan fingerprint density at radius 3 is 2.23 bits per heavy atom. The standard InChI is InChI=1S/C9H21NO2S/c1-5-6-9(2,3)10-7-8-13(4,11)12/h10H,5-8H2,1-4H3. The van der Waals surface area contributed by atoms with Crippen LogP contribution in [0.25, 0.3) is 0 Å². The number of hydrogen-bond acceptors (Lipinski definition) is 3. The van der Waals surface area contributed by atoms with Gasteiger partial charge >= 0.3 is 0 Å². The zero-order valence-electron chi connectivity index (χ0n) is 9.05. The molecule has 0 saturated heterocycles. The maximum absolute atomic E-state index is 10.8. The lowest BCUT2D eigenvalue weighted by molar-refractivity contribution is 0.368. The van der Waals surface area contributed by atoms with Gasteiger partial charge in [-0.15, -0.1) is 0 Å². The van der Waals surface area contributed by atoms with Crippen LogP contribution < -0.4 is 5.32 Å². The van der Waals surface area contributed by atoms with E-state index < -0.39 is 9.84 Å². The van der Waals surface area contributed by atoms with Crippen molar-refractivity contribution in [1.82, 2.24) is 5.32 Å². The maximum atomic E-state index is 10.8. The predicted octanol–water partition coefficient (Wildman–Crippen LogP) is 1.20. The molecule has 0 heterocycles. The van der Waals surface area contributed by atoms with Crippen molar-refractivity contribution in [1.29, 1.82) is 0 Å². The Morgan fingerprint density at radius 1 is 1.31 bits per heavy atom. The van der Waals surface area contributed by atoms with E-state index in [0.29, 0.717) is 6.54 Å². The van der Waals surface area contributed by atoms with Crippen LogP contribution in [0.3, 0.4) is 0 Å². The highest BCUT2D eigenvalue weighted by molar-refractivity contribution is 7.90. The van der Waals surface area contributed by atoms with Crippen molar-refractivity contribution >= 4 is 9.84 Å². The van der Waals surface area contributed by atoms with E-state index >= 15 is 0 Å². The Bertz CT molecular complexity index is 232. The minimum atomic E-state index is -2.82. The molecule has 0 aliphatic rings. The molecular formula is C9H21NO2S. The van der Waals surface area contributed by atoms with Gasteiger partial charge in [-0.05, 0) is 20.3 Å². The van der Waals surface area contributed by atoms with Crippen molar-refractivity contribution in [2.24, 2.45) is 0 Å². The molecule has 3 nitrogen and oxygen atoms in total. The van der Waals surface area contributed by atoms with Gasteiger partial charge in [-0.1, -0.05) is 13.3 Å². The molecule has 0 spiro atoms. The van der Waals surface area contributed by atoms with Crippen molar-refractivity contribution in [3.8, 4) is 0 Å². The first-order valence-electron chi connectivity index (χ1n) is 4.69. The van der Waals surface area contributed by atoms with Gasteiger partial charge < -0.3 is 5.32 Å². The quantitative estimate of drug-likeness (QED) is 0.712. The Morgan fingerprint density at radius 2 is 1.85 bits per heavy atom. The molecule has 0 saturated carbocycles. The smallest absolute Gasteiger partial charge is 0.148 e. The monoisotopic (exact) mass is 207 g/mol. The Labute approximate surface area is 81.8 Å². The average Bonchev–Trinajstić information content (AvgIpc) is 1.82. The fourth-order valence-electron chi connectivity index (χ4n) is 1.29. The molecular weight excluding hydrogens is 186 g/mol. The van der Waals surface area contributed by atoms with E-state index in [2.05, 4.69) is 26.1 Å². The van der Waals surface area contributed by atoms with Gasteiger partial charge in [-0.3, -0.25) is 0 Å². The van der Waals surface area contributed by atoms with Crippen molar-refractivity contribution in [3.63, 3.8) is 0 Å². The van der Waals surface area contributed by atoms with Gasteiger partial charge in [0.25, 0.3) is 0 Å². The molecule has 0 rings (SSSR count). The first-order valence-corrected chi connectivity index (χ1v) is 6.75. The highest BCUT2D eigenvalue weighted by Gasteiger charge is 2.15. The first kappa shape index (κ1) is 12.9. The molecule has 0 atom stereocenters. The van der Waals surface area contributed by atoms with Crippen molar-refractivity contribution in [2.45, 2.75) is 39.2 Å². The summed E-state index contributed by atoms with van der Waals surface area (Å²) in [7, 11) is -2.82. The van der Waals surface area contributed by atoms with Crippen LogP contribution in [0.5, 0.6) is 0 Å². The van der Waals surface area contributed by atoms with Crippen molar-refractivity contribution in [2.75, 3.05) is 18.6 Å². The zero-order valence-corrected chi connectivity index (χ0v) is 9.87. The van der Waals surface area contributed by atoms with Gasteiger partial charge in [0.2, 0.25) is 0 Å². The van der Waals surface area contributed by atoms with Crippen LogP contribution in [0.4, 0.5) is 0 Å². The molecule has 0 unspecified atom stereocenters. The summed E-state index contributed by atoms with van der Waals surface area (Å²) in [5.41, 5.74) is 0.0550. The highest BCUT2D eigenvalue weighted by Crippen LogP contribution is 2.09. The van der Waals surface area contributed by atoms with Crippen molar-refractivity contribution in [3.05, 3.63) is 0 Å². The normalized spacial score (nSPS) is 13.2. The van der Waals surface area contributed by atoms with Crippen LogP contribution in [0, 0.1) is 0 Å². The second-order valence-corrected chi connectivity index (χ2v) is 6.45. The molecule has 0 bridgehead atoms. The summed E-state index contributed by atoms with van der Waals surface area (Å²) in [4.78, 5) is 0. The van der Waals surface area contributed by atoms with Crippen LogP contribution >= 0.6 is 0 Å². The molecule has 0 aromatic heterocycles. The van der Waals surface area contributed by atoms with E-state index in [0.717, 1.165) is 12.8 Å². The lowest BCUT2D eigenvalue weighted by atomic mass is 9.99. The summed E-state index contributed by atoms with van der Waals surface area (Å²) in [5, 5.41) is 3.24. The molecule has 0 aliphatic heterocycles. The van der Waals surface area contributed by atoms with E-state index in [1.54, 1.807) is 0 Å². The predicted molar refractivity (Wildman–Crippen MR) is 56.7 cm³/mol. The number of nitrogens with one attached hydrogen (secondary N) is 1. The molecule has 0 amide bonds. The van der Waals surface area contributed by atoms with E-state index in [9.17, 15) is 8.42 Å². The Kier molecular flexibility index (Phi) is 4.92. The van der Waals surface area contributed by atoms with Crippen LogP contribution in [-0.2, 0) is 9.84 Å². The van der Waals surface area contributed by atoms with Crippen LogP contribution in [0.2, 0.25) is 0 Å².